The molecule has 0 bridgehead atoms. The molecule has 7 N–H and O–H groups in total. The van der Waals surface area contributed by atoms with E-state index in [2.05, 4.69) is 10.6 Å². The summed E-state index contributed by atoms with van der Waals surface area (Å²) in [4.78, 5) is 37.5. The van der Waals surface area contributed by atoms with Gasteiger partial charge in [0.15, 0.2) is 0 Å². The summed E-state index contributed by atoms with van der Waals surface area (Å²) in [5.41, 5.74) is 13.2. The topological polar surface area (TPSA) is 148 Å². The van der Waals surface area contributed by atoms with E-state index >= 15 is 0 Å². The van der Waals surface area contributed by atoms with Gasteiger partial charge in [0, 0.05) is 6.42 Å². The highest BCUT2D eigenvalue weighted by Crippen LogP contribution is 2.36. The standard InChI is InChI=1S/C30H36N4O4/c31-21-11-10-18-26(29(37)38)33-28(36)25(32)19-20-27(35)34-30(22-12-4-1-5-13-22,23-14-6-2-7-15-23)24-16-8-3-9-17-24/h1-9,12-17,25-26H,10-11,18-21,31-32H2,(H,33,36)(H,34,35)(H,37,38)/t25-,26-/m0/s1. The molecule has 0 spiro atoms. The van der Waals surface area contributed by atoms with E-state index in [4.69, 9.17) is 11.5 Å². The second kappa shape index (κ2) is 14.1. The number of carbonyl (C=O) groups is 3. The third-order valence-corrected chi connectivity index (χ3v) is 6.53. The van der Waals surface area contributed by atoms with Gasteiger partial charge in [0.1, 0.15) is 11.6 Å². The number of unbranched alkanes of at least 4 members (excludes halogenated alkanes) is 1. The lowest BCUT2D eigenvalue weighted by Crippen LogP contribution is -2.50. The van der Waals surface area contributed by atoms with Gasteiger partial charge in [-0.3, -0.25) is 9.59 Å². The zero-order valence-electron chi connectivity index (χ0n) is 21.4. The fourth-order valence-electron chi connectivity index (χ4n) is 4.50. The Balaban J connectivity index is 1.79. The van der Waals surface area contributed by atoms with Crippen LogP contribution in [0.3, 0.4) is 0 Å². The molecule has 3 rings (SSSR count). The maximum absolute atomic E-state index is 13.4. The Morgan fingerprint density at radius 1 is 0.763 bits per heavy atom. The fraction of sp³-hybridized carbons (Fsp3) is 0.300. The van der Waals surface area contributed by atoms with Gasteiger partial charge in [-0.1, -0.05) is 91.0 Å². The highest BCUT2D eigenvalue weighted by Gasteiger charge is 2.37. The summed E-state index contributed by atoms with van der Waals surface area (Å²) < 4.78 is 0. The summed E-state index contributed by atoms with van der Waals surface area (Å²) in [5, 5.41) is 15.1. The molecule has 0 fully saturated rings. The van der Waals surface area contributed by atoms with Gasteiger partial charge in [-0.15, -0.1) is 0 Å². The molecule has 8 heteroatoms. The number of rotatable bonds is 14. The molecule has 8 nitrogen and oxygen atoms in total. The maximum Gasteiger partial charge on any atom is 0.326 e. The van der Waals surface area contributed by atoms with Gasteiger partial charge in [0.05, 0.1) is 6.04 Å². The molecule has 0 aliphatic rings. The smallest absolute Gasteiger partial charge is 0.326 e. The van der Waals surface area contributed by atoms with E-state index in [-0.39, 0.29) is 25.2 Å². The van der Waals surface area contributed by atoms with Gasteiger partial charge in [-0.25, -0.2) is 4.79 Å². The number of carboxylic acid groups (broad SMARTS) is 1. The van der Waals surface area contributed by atoms with E-state index in [1.165, 1.54) is 0 Å². The summed E-state index contributed by atoms with van der Waals surface area (Å²) in [6, 6.07) is 27.0. The minimum absolute atomic E-state index is 0.0201. The minimum atomic E-state index is -1.13. The molecule has 0 aliphatic carbocycles. The van der Waals surface area contributed by atoms with Crippen molar-refractivity contribution in [2.45, 2.75) is 49.7 Å². The average Bonchev–Trinajstić information content (AvgIpc) is 2.95. The summed E-state index contributed by atoms with van der Waals surface area (Å²) in [7, 11) is 0. The lowest BCUT2D eigenvalue weighted by atomic mass is 9.77. The Morgan fingerprint density at radius 3 is 1.66 bits per heavy atom. The molecular weight excluding hydrogens is 480 g/mol. The van der Waals surface area contributed by atoms with Crippen LogP contribution in [0.25, 0.3) is 0 Å². The second-order valence-electron chi connectivity index (χ2n) is 9.23. The van der Waals surface area contributed by atoms with Gasteiger partial charge < -0.3 is 27.2 Å². The van der Waals surface area contributed by atoms with Crippen molar-refractivity contribution < 1.29 is 19.5 Å². The maximum atomic E-state index is 13.4. The van der Waals surface area contributed by atoms with Crippen LogP contribution in [-0.4, -0.2) is 41.5 Å². The van der Waals surface area contributed by atoms with Crippen molar-refractivity contribution >= 4 is 17.8 Å². The van der Waals surface area contributed by atoms with E-state index in [1.54, 1.807) is 0 Å². The Morgan fingerprint density at radius 2 is 1.24 bits per heavy atom. The predicted octanol–water partition coefficient (Wildman–Crippen LogP) is 2.90. The molecule has 0 aromatic heterocycles. The second-order valence-corrected chi connectivity index (χ2v) is 9.23. The normalized spacial score (nSPS) is 12.8. The van der Waals surface area contributed by atoms with Gasteiger partial charge in [0.25, 0.3) is 0 Å². The number of nitrogens with one attached hydrogen (secondary N) is 2. The Kier molecular flexibility index (Phi) is 10.6. The molecular formula is C30H36N4O4. The van der Waals surface area contributed by atoms with Crippen LogP contribution in [0.5, 0.6) is 0 Å². The van der Waals surface area contributed by atoms with Gasteiger partial charge >= 0.3 is 5.97 Å². The van der Waals surface area contributed by atoms with Crippen LogP contribution in [0.4, 0.5) is 0 Å². The molecule has 3 aromatic rings. The summed E-state index contributed by atoms with van der Waals surface area (Å²) in [6.07, 6.45) is 1.54. The Hall–Kier alpha value is -4.01. The molecule has 0 aliphatic heterocycles. The molecule has 200 valence electrons. The first-order valence-corrected chi connectivity index (χ1v) is 12.8. The van der Waals surface area contributed by atoms with Crippen LogP contribution in [0.15, 0.2) is 91.0 Å². The number of carbonyl (C=O) groups excluding carboxylic acids is 2. The van der Waals surface area contributed by atoms with Crippen molar-refractivity contribution in [1.29, 1.82) is 0 Å². The van der Waals surface area contributed by atoms with Crippen molar-refractivity contribution in [1.82, 2.24) is 10.6 Å². The van der Waals surface area contributed by atoms with Crippen molar-refractivity contribution in [3.05, 3.63) is 108 Å². The molecule has 38 heavy (non-hydrogen) atoms. The SMILES string of the molecule is NCCCC[C@H](NC(=O)[C@@H](N)CCC(=O)NC(c1ccccc1)(c1ccccc1)c1ccccc1)C(=O)O. The number of amides is 2. The lowest BCUT2D eigenvalue weighted by molar-refractivity contribution is -0.142. The average molecular weight is 517 g/mol. The summed E-state index contributed by atoms with van der Waals surface area (Å²) in [6.45, 7) is 0.450. The highest BCUT2D eigenvalue weighted by molar-refractivity contribution is 5.87. The van der Waals surface area contributed by atoms with Crippen LogP contribution in [0.2, 0.25) is 0 Å². The van der Waals surface area contributed by atoms with Crippen molar-refractivity contribution in [3.63, 3.8) is 0 Å². The van der Waals surface area contributed by atoms with Crippen LogP contribution in [-0.2, 0) is 19.9 Å². The van der Waals surface area contributed by atoms with Gasteiger partial charge in [-0.05, 0) is 48.9 Å². The number of nitrogens with two attached hydrogens (primary N) is 2. The third kappa shape index (κ3) is 7.27. The number of benzene rings is 3. The molecule has 0 heterocycles. The predicted molar refractivity (Wildman–Crippen MR) is 147 cm³/mol. The fourth-order valence-corrected chi connectivity index (χ4v) is 4.50. The van der Waals surface area contributed by atoms with Gasteiger partial charge in [0.2, 0.25) is 11.8 Å². The molecule has 0 unspecified atom stereocenters. The molecule has 0 saturated carbocycles. The van der Waals surface area contributed by atoms with Crippen LogP contribution in [0.1, 0.15) is 48.8 Å². The van der Waals surface area contributed by atoms with Crippen LogP contribution in [0, 0.1) is 0 Å². The largest absolute Gasteiger partial charge is 0.480 e. The minimum Gasteiger partial charge on any atom is -0.480 e. The van der Waals surface area contributed by atoms with Crippen molar-refractivity contribution in [2.24, 2.45) is 11.5 Å². The highest BCUT2D eigenvalue weighted by atomic mass is 16.4. The lowest BCUT2D eigenvalue weighted by Gasteiger charge is -2.37. The molecule has 2 atom stereocenters. The van der Waals surface area contributed by atoms with E-state index in [0.29, 0.717) is 19.4 Å². The molecule has 2 amide bonds. The molecule has 3 aromatic carbocycles. The Bertz CT molecular complexity index is 1080. The summed E-state index contributed by atoms with van der Waals surface area (Å²) >= 11 is 0. The van der Waals surface area contributed by atoms with E-state index in [0.717, 1.165) is 16.7 Å². The first-order valence-electron chi connectivity index (χ1n) is 12.8. The van der Waals surface area contributed by atoms with Gasteiger partial charge in [-0.2, -0.15) is 0 Å². The first-order chi connectivity index (χ1) is 18.4. The summed E-state index contributed by atoms with van der Waals surface area (Å²) in [5.74, 6) is -2.01. The van der Waals surface area contributed by atoms with E-state index < -0.39 is 29.5 Å². The number of carboxylic acids is 1. The monoisotopic (exact) mass is 516 g/mol. The number of hydrogen-bond donors (Lipinski definition) is 5. The van der Waals surface area contributed by atoms with Crippen LogP contribution >= 0.6 is 0 Å². The van der Waals surface area contributed by atoms with E-state index in [9.17, 15) is 19.5 Å². The molecule has 0 saturated heterocycles. The Labute approximate surface area is 223 Å². The number of aliphatic carboxylic acids is 1. The van der Waals surface area contributed by atoms with Crippen molar-refractivity contribution in [3.8, 4) is 0 Å². The third-order valence-electron chi connectivity index (χ3n) is 6.53. The van der Waals surface area contributed by atoms with Crippen molar-refractivity contribution in [2.75, 3.05) is 6.54 Å². The van der Waals surface area contributed by atoms with Crippen LogP contribution < -0.4 is 22.1 Å². The quantitative estimate of drug-likeness (QED) is 0.164. The zero-order valence-corrected chi connectivity index (χ0v) is 21.4. The molecule has 0 radical (unpaired) electrons. The zero-order chi connectivity index (χ0) is 27.4. The first kappa shape index (κ1) is 28.6. The van der Waals surface area contributed by atoms with E-state index in [1.807, 2.05) is 91.0 Å². The number of hydrogen-bond acceptors (Lipinski definition) is 5.